The van der Waals surface area contributed by atoms with E-state index >= 15 is 0 Å². The molecule has 1 aliphatic heterocycles. The molecule has 0 atom stereocenters. The van der Waals surface area contributed by atoms with E-state index in [1.54, 1.807) is 17.5 Å². The molecule has 27 heavy (non-hydrogen) atoms. The van der Waals surface area contributed by atoms with Crippen LogP contribution < -0.4 is 5.32 Å². The Hall–Kier alpha value is -2.50. The molecule has 0 bridgehead atoms. The van der Waals surface area contributed by atoms with E-state index in [4.69, 9.17) is 4.74 Å². The average Bonchev–Trinajstić information content (AvgIpc) is 3.28. The quantitative estimate of drug-likeness (QED) is 0.725. The molecule has 1 fully saturated rings. The van der Waals surface area contributed by atoms with Crippen LogP contribution in [0.4, 0.5) is 0 Å². The lowest BCUT2D eigenvalue weighted by Gasteiger charge is -2.36. The number of hydrogen-bond donors (Lipinski definition) is 1. The zero-order valence-electron chi connectivity index (χ0n) is 15.1. The van der Waals surface area contributed by atoms with Gasteiger partial charge in [-0.05, 0) is 41.5 Å². The molecular formula is C22H22N2O2S. The predicted molar refractivity (Wildman–Crippen MR) is 108 cm³/mol. The molecule has 4 nitrogen and oxygen atoms in total. The van der Waals surface area contributed by atoms with Crippen LogP contribution in [0.2, 0.25) is 0 Å². The van der Waals surface area contributed by atoms with Gasteiger partial charge < -0.3 is 10.1 Å². The Morgan fingerprint density at radius 2 is 1.93 bits per heavy atom. The second kappa shape index (κ2) is 8.03. The molecule has 0 saturated carbocycles. The number of nitrogens with one attached hydrogen (secondary N) is 1. The summed E-state index contributed by atoms with van der Waals surface area (Å²) in [7, 11) is 0. The third-order valence-electron chi connectivity index (χ3n) is 5.23. The maximum Gasteiger partial charge on any atom is 0.231 e. The van der Waals surface area contributed by atoms with Gasteiger partial charge in [-0.2, -0.15) is 11.3 Å². The van der Waals surface area contributed by atoms with Crippen molar-refractivity contribution in [3.05, 3.63) is 76.6 Å². The number of thiophene rings is 1. The Morgan fingerprint density at radius 3 is 2.67 bits per heavy atom. The molecule has 4 rings (SSSR count). The number of benzene rings is 1. The van der Waals surface area contributed by atoms with Crippen molar-refractivity contribution in [3.63, 3.8) is 0 Å². The second-order valence-electron chi connectivity index (χ2n) is 6.77. The Bertz CT molecular complexity index is 888. The van der Waals surface area contributed by atoms with Crippen LogP contribution in [-0.4, -0.2) is 24.1 Å². The molecule has 138 valence electrons. The van der Waals surface area contributed by atoms with Crippen molar-refractivity contribution in [1.82, 2.24) is 10.3 Å². The molecular weight excluding hydrogens is 356 g/mol. The Balaban J connectivity index is 1.57. The summed E-state index contributed by atoms with van der Waals surface area (Å²) < 4.78 is 5.54. The summed E-state index contributed by atoms with van der Waals surface area (Å²) in [5.74, 6) is 0.0668. The predicted octanol–water partition coefficient (Wildman–Crippen LogP) is 4.17. The minimum atomic E-state index is -0.524. The van der Waals surface area contributed by atoms with Crippen LogP contribution in [-0.2, 0) is 21.5 Å². The standard InChI is InChI=1S/C22H22N2O2S/c25-21(22(9-12-26-13-10-22)19-6-2-1-3-7-19)24-15-17-5-4-11-23-20(17)18-8-14-27-16-18/h1-8,11,14,16H,9-10,12-13,15H2,(H,24,25). The molecule has 1 saturated heterocycles. The molecule has 5 heteroatoms. The molecule has 3 aromatic rings. The first-order valence-corrected chi connectivity index (χ1v) is 10.1. The van der Waals surface area contributed by atoms with E-state index < -0.39 is 5.41 Å². The SMILES string of the molecule is O=C(NCc1cccnc1-c1ccsc1)C1(c2ccccc2)CCOCC1. The van der Waals surface area contributed by atoms with Gasteiger partial charge in [-0.15, -0.1) is 0 Å². The highest BCUT2D eigenvalue weighted by Crippen LogP contribution is 2.35. The summed E-state index contributed by atoms with van der Waals surface area (Å²) in [5.41, 5.74) is 3.59. The van der Waals surface area contributed by atoms with Gasteiger partial charge >= 0.3 is 0 Å². The molecule has 2 aromatic heterocycles. The molecule has 1 N–H and O–H groups in total. The monoisotopic (exact) mass is 378 g/mol. The van der Waals surface area contributed by atoms with E-state index in [1.165, 1.54) is 0 Å². The van der Waals surface area contributed by atoms with Crippen LogP contribution in [0.1, 0.15) is 24.0 Å². The maximum atomic E-state index is 13.3. The number of amides is 1. The van der Waals surface area contributed by atoms with Gasteiger partial charge in [-0.3, -0.25) is 9.78 Å². The van der Waals surface area contributed by atoms with Crippen LogP contribution in [0, 0.1) is 0 Å². The largest absolute Gasteiger partial charge is 0.381 e. The number of rotatable bonds is 5. The van der Waals surface area contributed by atoms with Crippen molar-refractivity contribution >= 4 is 17.2 Å². The smallest absolute Gasteiger partial charge is 0.231 e. The fraction of sp³-hybridized carbons (Fsp3) is 0.273. The molecule has 3 heterocycles. The van der Waals surface area contributed by atoms with Crippen LogP contribution in [0.5, 0.6) is 0 Å². The topological polar surface area (TPSA) is 51.2 Å². The lowest BCUT2D eigenvalue weighted by Crippen LogP contribution is -2.47. The summed E-state index contributed by atoms with van der Waals surface area (Å²) in [5, 5.41) is 7.30. The van der Waals surface area contributed by atoms with Crippen LogP contribution in [0.25, 0.3) is 11.3 Å². The fourth-order valence-electron chi connectivity index (χ4n) is 3.71. The number of ether oxygens (including phenoxy) is 1. The van der Waals surface area contributed by atoms with Crippen molar-refractivity contribution in [2.24, 2.45) is 0 Å². The zero-order chi connectivity index (χ0) is 18.5. The summed E-state index contributed by atoms with van der Waals surface area (Å²) in [4.78, 5) is 17.8. The van der Waals surface area contributed by atoms with Gasteiger partial charge in [0.1, 0.15) is 0 Å². The van der Waals surface area contributed by atoms with E-state index in [2.05, 4.69) is 21.7 Å². The van der Waals surface area contributed by atoms with E-state index in [-0.39, 0.29) is 5.91 Å². The molecule has 1 aromatic carbocycles. The zero-order valence-corrected chi connectivity index (χ0v) is 15.9. The maximum absolute atomic E-state index is 13.3. The van der Waals surface area contributed by atoms with E-state index in [0.717, 1.165) is 22.4 Å². The van der Waals surface area contributed by atoms with Gasteiger partial charge in [0.15, 0.2) is 0 Å². The summed E-state index contributed by atoms with van der Waals surface area (Å²) in [6.07, 6.45) is 3.20. The highest BCUT2D eigenvalue weighted by molar-refractivity contribution is 7.08. The number of hydrogen-bond acceptors (Lipinski definition) is 4. The lowest BCUT2D eigenvalue weighted by atomic mass is 9.73. The van der Waals surface area contributed by atoms with Gasteiger partial charge in [0.2, 0.25) is 5.91 Å². The summed E-state index contributed by atoms with van der Waals surface area (Å²) in [6.45, 7) is 1.68. The molecule has 1 aliphatic rings. The summed E-state index contributed by atoms with van der Waals surface area (Å²) >= 11 is 1.65. The molecule has 1 amide bonds. The lowest BCUT2D eigenvalue weighted by molar-refractivity contribution is -0.130. The molecule has 0 unspecified atom stereocenters. The third-order valence-corrected chi connectivity index (χ3v) is 5.92. The van der Waals surface area contributed by atoms with E-state index in [1.807, 2.05) is 47.8 Å². The van der Waals surface area contributed by atoms with Crippen molar-refractivity contribution in [2.45, 2.75) is 24.8 Å². The number of aromatic nitrogens is 1. The number of carbonyl (C=O) groups is 1. The molecule has 0 spiro atoms. The van der Waals surface area contributed by atoms with Gasteiger partial charge in [-0.25, -0.2) is 0 Å². The van der Waals surface area contributed by atoms with Crippen molar-refractivity contribution in [3.8, 4) is 11.3 Å². The van der Waals surface area contributed by atoms with E-state index in [0.29, 0.717) is 32.6 Å². The first-order valence-electron chi connectivity index (χ1n) is 9.18. The van der Waals surface area contributed by atoms with Crippen LogP contribution >= 0.6 is 11.3 Å². The normalized spacial score (nSPS) is 16.0. The number of carbonyl (C=O) groups excluding carboxylic acids is 1. The number of pyridine rings is 1. The van der Waals surface area contributed by atoms with Crippen molar-refractivity contribution < 1.29 is 9.53 Å². The highest BCUT2D eigenvalue weighted by Gasteiger charge is 2.41. The minimum Gasteiger partial charge on any atom is -0.381 e. The highest BCUT2D eigenvalue weighted by atomic mass is 32.1. The Labute approximate surface area is 163 Å². The second-order valence-corrected chi connectivity index (χ2v) is 7.55. The Kier molecular flexibility index (Phi) is 5.32. The van der Waals surface area contributed by atoms with Gasteiger partial charge in [0.25, 0.3) is 0 Å². The van der Waals surface area contributed by atoms with Gasteiger partial charge in [0, 0.05) is 36.9 Å². The molecule has 0 aliphatic carbocycles. The average molecular weight is 378 g/mol. The van der Waals surface area contributed by atoms with Crippen LogP contribution in [0.3, 0.4) is 0 Å². The van der Waals surface area contributed by atoms with Crippen molar-refractivity contribution in [2.75, 3.05) is 13.2 Å². The van der Waals surface area contributed by atoms with E-state index in [9.17, 15) is 4.79 Å². The first kappa shape index (κ1) is 17.9. The summed E-state index contributed by atoms with van der Waals surface area (Å²) in [6, 6.07) is 16.1. The third kappa shape index (κ3) is 3.66. The molecule has 0 radical (unpaired) electrons. The van der Waals surface area contributed by atoms with Crippen molar-refractivity contribution in [1.29, 1.82) is 0 Å². The number of nitrogens with zero attached hydrogens (tertiary/aromatic N) is 1. The van der Waals surface area contributed by atoms with Gasteiger partial charge in [-0.1, -0.05) is 36.4 Å². The van der Waals surface area contributed by atoms with Crippen LogP contribution in [0.15, 0.2) is 65.5 Å². The fourth-order valence-corrected chi connectivity index (χ4v) is 4.35. The first-order chi connectivity index (χ1) is 13.3. The Morgan fingerprint density at radius 1 is 1.11 bits per heavy atom. The van der Waals surface area contributed by atoms with Gasteiger partial charge in [0.05, 0.1) is 11.1 Å². The minimum absolute atomic E-state index is 0.0668.